The highest BCUT2D eigenvalue weighted by atomic mass is 16.4. The van der Waals surface area contributed by atoms with Crippen LogP contribution in [-0.4, -0.2) is 44.5 Å². The molecule has 2 aromatic carbocycles. The number of hydrogen-bond acceptors (Lipinski definition) is 5. The Morgan fingerprint density at radius 1 is 0.821 bits per heavy atom. The van der Waals surface area contributed by atoms with Crippen LogP contribution in [-0.2, 0) is 20.8 Å². The first-order valence-electron chi connectivity index (χ1n) is 13.1. The van der Waals surface area contributed by atoms with Crippen LogP contribution in [0.25, 0.3) is 10.9 Å². The summed E-state index contributed by atoms with van der Waals surface area (Å²) < 4.78 is 0.883. The third-order valence-corrected chi connectivity index (χ3v) is 6.38. The molecule has 0 saturated heterocycles. The number of rotatable bonds is 12. The van der Waals surface area contributed by atoms with Crippen LogP contribution in [0.4, 0.5) is 0 Å². The summed E-state index contributed by atoms with van der Waals surface area (Å²) in [6.07, 6.45) is 0.476. The minimum atomic E-state index is -1.26. The minimum absolute atomic E-state index is 0.0196. The molecule has 0 aliphatic carbocycles. The first-order valence-corrected chi connectivity index (χ1v) is 13.1. The molecule has 0 radical (unpaired) electrons. The number of nitrogens with zero attached hydrogens (tertiary/aromatic N) is 1. The summed E-state index contributed by atoms with van der Waals surface area (Å²) in [6.45, 7) is 7.44. The van der Waals surface area contributed by atoms with Crippen molar-refractivity contribution in [3.63, 3.8) is 0 Å². The average molecular weight is 537 g/mol. The summed E-state index contributed by atoms with van der Waals surface area (Å²) in [5, 5.41) is 15.1. The Kier molecular flexibility index (Phi) is 9.81. The van der Waals surface area contributed by atoms with Crippen LogP contribution in [0.2, 0.25) is 0 Å². The number of hydrogen-bond donors (Lipinski definition) is 4. The smallest absolute Gasteiger partial charge is 0.329 e. The quantitative estimate of drug-likeness (QED) is 0.279. The minimum Gasteiger partial charge on any atom is -0.480 e. The van der Waals surface area contributed by atoms with Gasteiger partial charge in [-0.25, -0.2) is 14.2 Å². The van der Waals surface area contributed by atoms with Crippen LogP contribution < -0.4 is 21.9 Å². The van der Waals surface area contributed by atoms with E-state index in [4.69, 9.17) is 0 Å². The third kappa shape index (κ3) is 7.66. The lowest BCUT2D eigenvalue weighted by atomic mass is 9.99. The van der Waals surface area contributed by atoms with Crippen molar-refractivity contribution in [2.75, 3.05) is 0 Å². The Balaban J connectivity index is 2.00. The number of aromatic nitrogens is 2. The van der Waals surface area contributed by atoms with Crippen LogP contribution in [0, 0.1) is 11.8 Å². The predicted molar refractivity (Wildman–Crippen MR) is 148 cm³/mol. The topological polar surface area (TPSA) is 150 Å². The molecule has 1 heterocycles. The molecule has 0 fully saturated rings. The standard InChI is InChI=1S/C29H36N4O6/c1-17(2)14-22(25(34)31-23(28(37)38)15-18(3)4)30-26(35)24(16-19-10-6-5-7-11-19)33-27(36)20-12-8-9-13-21(20)32-29(33)39/h5-13,17-18,22-24H,14-16H2,1-4H3,(H,30,35)(H,31,34)(H,32,39)(H,37,38)/t22-,23+,24+/m0/s1. The fourth-order valence-corrected chi connectivity index (χ4v) is 4.53. The Hall–Kier alpha value is -4.21. The average Bonchev–Trinajstić information content (AvgIpc) is 2.87. The molecule has 0 unspecified atom stereocenters. The number of carboxylic acid groups (broad SMARTS) is 1. The van der Waals surface area contributed by atoms with E-state index in [-0.39, 0.29) is 36.5 Å². The fourth-order valence-electron chi connectivity index (χ4n) is 4.53. The zero-order chi connectivity index (χ0) is 28.7. The molecular weight excluding hydrogens is 500 g/mol. The highest BCUT2D eigenvalue weighted by Crippen LogP contribution is 2.16. The molecule has 10 nitrogen and oxygen atoms in total. The molecule has 3 atom stereocenters. The van der Waals surface area contributed by atoms with Crippen molar-refractivity contribution in [2.24, 2.45) is 11.8 Å². The Morgan fingerprint density at radius 2 is 1.38 bits per heavy atom. The van der Waals surface area contributed by atoms with Gasteiger partial charge in [0.25, 0.3) is 5.56 Å². The molecule has 3 aromatic rings. The Labute approximate surface area is 226 Å². The molecule has 0 saturated carbocycles. The van der Waals surface area contributed by atoms with Crippen molar-refractivity contribution < 1.29 is 19.5 Å². The van der Waals surface area contributed by atoms with Gasteiger partial charge in [-0.1, -0.05) is 70.2 Å². The molecule has 0 bridgehead atoms. The van der Waals surface area contributed by atoms with Crippen molar-refractivity contribution in [2.45, 2.75) is 65.1 Å². The van der Waals surface area contributed by atoms with E-state index in [1.165, 1.54) is 0 Å². The van der Waals surface area contributed by atoms with Gasteiger partial charge in [-0.15, -0.1) is 0 Å². The van der Waals surface area contributed by atoms with Crippen LogP contribution in [0.5, 0.6) is 0 Å². The van der Waals surface area contributed by atoms with Gasteiger partial charge in [-0.05, 0) is 42.4 Å². The molecule has 2 amide bonds. The van der Waals surface area contributed by atoms with E-state index in [9.17, 15) is 29.1 Å². The van der Waals surface area contributed by atoms with Gasteiger partial charge in [-0.2, -0.15) is 0 Å². The van der Waals surface area contributed by atoms with E-state index in [0.717, 1.165) is 4.57 Å². The van der Waals surface area contributed by atoms with Crippen molar-refractivity contribution in [3.8, 4) is 0 Å². The summed E-state index contributed by atoms with van der Waals surface area (Å²) in [7, 11) is 0. The highest BCUT2D eigenvalue weighted by Gasteiger charge is 2.32. The van der Waals surface area contributed by atoms with Crippen LogP contribution in [0.3, 0.4) is 0 Å². The van der Waals surface area contributed by atoms with Crippen molar-refractivity contribution in [1.29, 1.82) is 0 Å². The number of benzene rings is 2. The number of aromatic amines is 1. The lowest BCUT2D eigenvalue weighted by molar-refractivity contribution is -0.142. The summed E-state index contributed by atoms with van der Waals surface area (Å²) >= 11 is 0. The summed E-state index contributed by atoms with van der Waals surface area (Å²) in [6, 6.07) is 12.0. The highest BCUT2D eigenvalue weighted by molar-refractivity contribution is 5.91. The van der Waals surface area contributed by atoms with E-state index in [1.807, 2.05) is 33.8 Å². The maximum Gasteiger partial charge on any atom is 0.329 e. The van der Waals surface area contributed by atoms with Crippen LogP contribution >= 0.6 is 0 Å². The van der Waals surface area contributed by atoms with Gasteiger partial charge in [0.15, 0.2) is 0 Å². The second-order valence-corrected chi connectivity index (χ2v) is 10.6. The number of carbonyl (C=O) groups is 3. The van der Waals surface area contributed by atoms with Crippen LogP contribution in [0.1, 0.15) is 52.1 Å². The number of carbonyl (C=O) groups excluding carboxylic acids is 2. The van der Waals surface area contributed by atoms with Crippen LogP contribution in [0.15, 0.2) is 64.2 Å². The monoisotopic (exact) mass is 536 g/mol. The van der Waals surface area contributed by atoms with E-state index in [2.05, 4.69) is 15.6 Å². The van der Waals surface area contributed by atoms with Gasteiger partial charge in [0.05, 0.1) is 10.9 Å². The maximum atomic E-state index is 13.8. The van der Waals surface area contributed by atoms with Crippen molar-refractivity contribution >= 4 is 28.7 Å². The molecule has 39 heavy (non-hydrogen) atoms. The maximum absolute atomic E-state index is 13.8. The molecule has 4 N–H and O–H groups in total. The lowest BCUT2D eigenvalue weighted by Gasteiger charge is -2.26. The summed E-state index contributed by atoms with van der Waals surface area (Å²) in [5.74, 6) is -2.50. The van der Waals surface area contributed by atoms with E-state index < -0.39 is 47.2 Å². The predicted octanol–water partition coefficient (Wildman–Crippen LogP) is 2.62. The molecule has 208 valence electrons. The number of amides is 2. The number of carboxylic acids is 1. The second-order valence-electron chi connectivity index (χ2n) is 10.6. The zero-order valence-corrected chi connectivity index (χ0v) is 22.6. The first-order chi connectivity index (χ1) is 18.5. The molecule has 0 spiro atoms. The summed E-state index contributed by atoms with van der Waals surface area (Å²) in [4.78, 5) is 67.9. The zero-order valence-electron chi connectivity index (χ0n) is 22.6. The molecule has 0 aliphatic rings. The lowest BCUT2D eigenvalue weighted by Crippen LogP contribution is -2.54. The van der Waals surface area contributed by atoms with Gasteiger partial charge in [0, 0.05) is 6.42 Å². The van der Waals surface area contributed by atoms with Gasteiger partial charge < -0.3 is 20.7 Å². The molecule has 1 aromatic heterocycles. The van der Waals surface area contributed by atoms with Gasteiger partial charge in [0.1, 0.15) is 18.1 Å². The number of aliphatic carboxylic acids is 1. The molecule has 3 rings (SSSR count). The van der Waals surface area contributed by atoms with Gasteiger partial charge in [0.2, 0.25) is 11.8 Å². The number of nitrogens with one attached hydrogen (secondary N) is 3. The Morgan fingerprint density at radius 3 is 2.00 bits per heavy atom. The van der Waals surface area contributed by atoms with Crippen molar-refractivity contribution in [3.05, 3.63) is 81.0 Å². The number of fused-ring (bicyclic) bond motifs is 1. The number of para-hydroxylation sites is 1. The fraction of sp³-hybridized carbons (Fsp3) is 0.414. The van der Waals surface area contributed by atoms with Gasteiger partial charge >= 0.3 is 11.7 Å². The van der Waals surface area contributed by atoms with E-state index >= 15 is 0 Å². The normalized spacial score (nSPS) is 13.7. The first kappa shape index (κ1) is 29.3. The second kappa shape index (κ2) is 13.0. The van der Waals surface area contributed by atoms with Gasteiger partial charge in [-0.3, -0.25) is 14.4 Å². The van der Waals surface area contributed by atoms with E-state index in [0.29, 0.717) is 11.1 Å². The van der Waals surface area contributed by atoms with Crippen molar-refractivity contribution in [1.82, 2.24) is 20.2 Å². The summed E-state index contributed by atoms with van der Waals surface area (Å²) in [5.41, 5.74) is -0.310. The number of H-pyrrole nitrogens is 1. The van der Waals surface area contributed by atoms with E-state index in [1.54, 1.807) is 48.5 Å². The Bertz CT molecular complexity index is 1430. The third-order valence-electron chi connectivity index (χ3n) is 6.38. The molecule has 10 heteroatoms. The molecule has 0 aliphatic heterocycles. The SMILES string of the molecule is CC(C)C[C@H](NC(=O)[C@@H](Cc1ccccc1)n1c(=O)[nH]c2ccccc2c1=O)C(=O)N[C@H](CC(C)C)C(=O)O. The molecular formula is C29H36N4O6. The largest absolute Gasteiger partial charge is 0.480 e.